The number of halogens is 1. The summed E-state index contributed by atoms with van der Waals surface area (Å²) in [5.74, 6) is 0.961. The van der Waals surface area contributed by atoms with Crippen molar-refractivity contribution in [3.63, 3.8) is 0 Å². The van der Waals surface area contributed by atoms with Gasteiger partial charge in [-0.05, 0) is 28.8 Å². The largest absolute Gasteiger partial charge is 0.225 e. The van der Waals surface area contributed by atoms with Crippen LogP contribution in [0.15, 0.2) is 30.3 Å². The Morgan fingerprint density at radius 1 is 1.16 bits per heavy atom. The van der Waals surface area contributed by atoms with Gasteiger partial charge in [-0.2, -0.15) is 0 Å². The number of alkyl halides is 1. The first-order chi connectivity index (χ1) is 9.34. The molecule has 19 heavy (non-hydrogen) atoms. The second-order valence-electron chi connectivity index (χ2n) is 5.07. The standard InChI is InChI=1S/C14H17BrN4/c15-12-8-4-5-9-13(12)19-14(16-17-18-19)10-11-6-2-1-3-7-11/h1-3,6-7,12-13H,4-5,8-10H2/t12-,13-/m1/s1. The summed E-state index contributed by atoms with van der Waals surface area (Å²) in [5, 5.41) is 12.3. The molecule has 5 heteroatoms. The maximum absolute atomic E-state index is 4.21. The lowest BCUT2D eigenvalue weighted by Crippen LogP contribution is -2.26. The number of nitrogens with zero attached hydrogens (tertiary/aromatic N) is 4. The summed E-state index contributed by atoms with van der Waals surface area (Å²) in [5.41, 5.74) is 1.25. The monoisotopic (exact) mass is 320 g/mol. The smallest absolute Gasteiger partial charge is 0.156 e. The van der Waals surface area contributed by atoms with Crippen molar-refractivity contribution in [3.05, 3.63) is 41.7 Å². The van der Waals surface area contributed by atoms with Crippen molar-refractivity contribution in [3.8, 4) is 0 Å². The third-order valence-electron chi connectivity index (χ3n) is 3.73. The number of hydrogen-bond donors (Lipinski definition) is 0. The molecule has 2 aromatic rings. The molecule has 100 valence electrons. The second-order valence-corrected chi connectivity index (χ2v) is 6.25. The molecule has 0 saturated heterocycles. The van der Waals surface area contributed by atoms with E-state index in [0.717, 1.165) is 18.7 Å². The summed E-state index contributed by atoms with van der Waals surface area (Å²) < 4.78 is 2.02. The SMILES string of the molecule is Br[C@@H]1CCCC[C@H]1n1nnnc1Cc1ccccc1. The molecule has 0 radical (unpaired) electrons. The molecule has 0 N–H and O–H groups in total. The van der Waals surface area contributed by atoms with Gasteiger partial charge in [0, 0.05) is 11.2 Å². The maximum atomic E-state index is 4.21. The number of rotatable bonds is 3. The van der Waals surface area contributed by atoms with Crippen LogP contribution in [-0.2, 0) is 6.42 Å². The van der Waals surface area contributed by atoms with Gasteiger partial charge in [-0.25, -0.2) is 4.68 Å². The van der Waals surface area contributed by atoms with Gasteiger partial charge in [-0.1, -0.05) is 59.1 Å². The number of hydrogen-bond acceptors (Lipinski definition) is 3. The van der Waals surface area contributed by atoms with Gasteiger partial charge in [-0.15, -0.1) is 5.10 Å². The van der Waals surface area contributed by atoms with Crippen LogP contribution in [0.2, 0.25) is 0 Å². The summed E-state index contributed by atoms with van der Waals surface area (Å²) in [6.45, 7) is 0. The quantitative estimate of drug-likeness (QED) is 0.816. The minimum atomic E-state index is 0.391. The van der Waals surface area contributed by atoms with Crippen LogP contribution in [0.5, 0.6) is 0 Å². The normalized spacial score (nSPS) is 23.4. The van der Waals surface area contributed by atoms with Crippen molar-refractivity contribution in [1.29, 1.82) is 0 Å². The van der Waals surface area contributed by atoms with Crippen LogP contribution in [0.3, 0.4) is 0 Å². The van der Waals surface area contributed by atoms with Gasteiger partial charge in [0.15, 0.2) is 5.82 Å². The van der Waals surface area contributed by atoms with Crippen molar-refractivity contribution in [2.75, 3.05) is 0 Å². The molecule has 1 saturated carbocycles. The third-order valence-corrected chi connectivity index (χ3v) is 4.80. The van der Waals surface area contributed by atoms with Crippen LogP contribution in [0.1, 0.15) is 43.1 Å². The molecule has 3 rings (SSSR count). The number of benzene rings is 1. The molecule has 0 spiro atoms. The molecular weight excluding hydrogens is 304 g/mol. The van der Waals surface area contributed by atoms with E-state index in [4.69, 9.17) is 0 Å². The highest BCUT2D eigenvalue weighted by atomic mass is 79.9. The average Bonchev–Trinajstić information content (AvgIpc) is 2.88. The predicted molar refractivity (Wildman–Crippen MR) is 77.3 cm³/mol. The van der Waals surface area contributed by atoms with Crippen LogP contribution in [0, 0.1) is 0 Å². The van der Waals surface area contributed by atoms with Crippen molar-refractivity contribution in [1.82, 2.24) is 20.2 Å². The molecule has 1 aromatic heterocycles. The Labute approximate surface area is 121 Å². The third kappa shape index (κ3) is 2.86. The molecule has 4 nitrogen and oxygen atoms in total. The molecule has 0 amide bonds. The molecule has 0 aliphatic heterocycles. The van der Waals surface area contributed by atoms with Gasteiger partial charge < -0.3 is 0 Å². The fraction of sp³-hybridized carbons (Fsp3) is 0.500. The fourth-order valence-corrected chi connectivity index (χ4v) is 3.52. The van der Waals surface area contributed by atoms with E-state index in [1.165, 1.54) is 24.8 Å². The molecule has 1 aliphatic rings. The molecular formula is C14H17BrN4. The van der Waals surface area contributed by atoms with Crippen LogP contribution < -0.4 is 0 Å². The second kappa shape index (κ2) is 5.82. The zero-order valence-corrected chi connectivity index (χ0v) is 12.3. The fourth-order valence-electron chi connectivity index (χ4n) is 2.71. The van der Waals surface area contributed by atoms with Gasteiger partial charge in [-0.3, -0.25) is 0 Å². The zero-order valence-electron chi connectivity index (χ0n) is 10.7. The molecule has 2 atom stereocenters. The Bertz CT molecular complexity index is 525. The Balaban J connectivity index is 1.82. The number of aromatic nitrogens is 4. The molecule has 1 aliphatic carbocycles. The lowest BCUT2D eigenvalue weighted by Gasteiger charge is -2.27. The first-order valence-corrected chi connectivity index (χ1v) is 7.71. The molecule has 0 bridgehead atoms. The van der Waals surface area contributed by atoms with Crippen LogP contribution in [0.4, 0.5) is 0 Å². The Morgan fingerprint density at radius 2 is 1.95 bits per heavy atom. The number of tetrazole rings is 1. The van der Waals surface area contributed by atoms with E-state index in [-0.39, 0.29) is 0 Å². The first kappa shape index (κ1) is 12.8. The van der Waals surface area contributed by atoms with E-state index in [2.05, 4.69) is 55.7 Å². The van der Waals surface area contributed by atoms with Gasteiger partial charge >= 0.3 is 0 Å². The van der Waals surface area contributed by atoms with Crippen LogP contribution in [0.25, 0.3) is 0 Å². The van der Waals surface area contributed by atoms with Crippen molar-refractivity contribution in [2.45, 2.75) is 43.0 Å². The summed E-state index contributed by atoms with van der Waals surface area (Å²) in [4.78, 5) is 0.485. The summed E-state index contributed by atoms with van der Waals surface area (Å²) in [6, 6.07) is 10.8. The van der Waals surface area contributed by atoms with Crippen molar-refractivity contribution >= 4 is 15.9 Å². The van der Waals surface area contributed by atoms with Crippen molar-refractivity contribution in [2.24, 2.45) is 0 Å². The highest BCUT2D eigenvalue weighted by Gasteiger charge is 2.27. The Kier molecular flexibility index (Phi) is 3.92. The Morgan fingerprint density at radius 3 is 2.74 bits per heavy atom. The minimum absolute atomic E-state index is 0.391. The molecule has 1 aromatic carbocycles. The maximum Gasteiger partial charge on any atom is 0.156 e. The van der Waals surface area contributed by atoms with Crippen LogP contribution in [-0.4, -0.2) is 25.0 Å². The lowest BCUT2D eigenvalue weighted by atomic mass is 9.95. The van der Waals surface area contributed by atoms with E-state index in [1.807, 2.05) is 10.7 Å². The predicted octanol–water partition coefficient (Wildman–Crippen LogP) is 3.14. The topological polar surface area (TPSA) is 43.6 Å². The first-order valence-electron chi connectivity index (χ1n) is 6.79. The van der Waals surface area contributed by atoms with Gasteiger partial charge in [0.05, 0.1) is 6.04 Å². The van der Waals surface area contributed by atoms with Crippen molar-refractivity contribution < 1.29 is 0 Å². The lowest BCUT2D eigenvalue weighted by molar-refractivity contribution is 0.331. The van der Waals surface area contributed by atoms with Gasteiger partial charge in [0.25, 0.3) is 0 Å². The summed E-state index contributed by atoms with van der Waals surface area (Å²) in [6.07, 6.45) is 5.71. The van der Waals surface area contributed by atoms with E-state index in [0.29, 0.717) is 10.9 Å². The average molecular weight is 321 g/mol. The highest BCUT2D eigenvalue weighted by Crippen LogP contribution is 2.33. The zero-order chi connectivity index (χ0) is 13.1. The van der Waals surface area contributed by atoms with E-state index < -0.39 is 0 Å². The van der Waals surface area contributed by atoms with E-state index in [1.54, 1.807) is 0 Å². The summed E-state index contributed by atoms with van der Waals surface area (Å²) in [7, 11) is 0. The van der Waals surface area contributed by atoms with Crippen LogP contribution >= 0.6 is 15.9 Å². The minimum Gasteiger partial charge on any atom is -0.225 e. The molecule has 0 unspecified atom stereocenters. The molecule has 1 fully saturated rings. The van der Waals surface area contributed by atoms with E-state index in [9.17, 15) is 0 Å². The Hall–Kier alpha value is -1.23. The van der Waals surface area contributed by atoms with Gasteiger partial charge in [0.2, 0.25) is 0 Å². The van der Waals surface area contributed by atoms with Gasteiger partial charge in [0.1, 0.15) is 0 Å². The van der Waals surface area contributed by atoms with E-state index >= 15 is 0 Å². The summed E-state index contributed by atoms with van der Waals surface area (Å²) >= 11 is 3.78. The molecule has 1 heterocycles. The highest BCUT2D eigenvalue weighted by molar-refractivity contribution is 9.09.